The highest BCUT2D eigenvalue weighted by molar-refractivity contribution is 5.92. The highest BCUT2D eigenvalue weighted by atomic mass is 16.4. The lowest BCUT2D eigenvalue weighted by atomic mass is 9.76. The number of carbonyl (C=O) groups excluding carboxylic acids is 1. The van der Waals surface area contributed by atoms with E-state index >= 15 is 0 Å². The minimum atomic E-state index is -0.778. The summed E-state index contributed by atoms with van der Waals surface area (Å²) in [5.41, 5.74) is 0.630. The zero-order chi connectivity index (χ0) is 15.0. The summed E-state index contributed by atoms with van der Waals surface area (Å²) in [6.07, 6.45) is 5.58. The lowest BCUT2D eigenvalue weighted by molar-refractivity contribution is -0.139. The Kier molecular flexibility index (Phi) is 3.44. The van der Waals surface area contributed by atoms with Gasteiger partial charge in [-0.25, -0.2) is 4.98 Å². The molecule has 0 aromatic carbocycles. The molecule has 1 aromatic heterocycles. The van der Waals surface area contributed by atoms with E-state index in [-0.39, 0.29) is 11.3 Å². The number of carboxylic acids is 1. The number of carboxylic acid groups (broad SMARTS) is 1. The summed E-state index contributed by atoms with van der Waals surface area (Å²) in [6.45, 7) is 2.09. The number of nitrogens with one attached hydrogen (secondary N) is 1. The summed E-state index contributed by atoms with van der Waals surface area (Å²) >= 11 is 0. The Labute approximate surface area is 122 Å². The molecule has 0 unspecified atom stereocenters. The largest absolute Gasteiger partial charge is 0.480 e. The number of aliphatic carboxylic acids is 1. The average Bonchev–Trinajstić information content (AvgIpc) is 3.06. The molecule has 1 atom stereocenters. The van der Waals surface area contributed by atoms with Crippen molar-refractivity contribution in [1.29, 1.82) is 0 Å². The van der Waals surface area contributed by atoms with Gasteiger partial charge in [-0.3, -0.25) is 9.59 Å². The van der Waals surface area contributed by atoms with Crippen LogP contribution in [-0.2, 0) is 11.8 Å². The van der Waals surface area contributed by atoms with Crippen LogP contribution in [0.1, 0.15) is 29.8 Å². The summed E-state index contributed by atoms with van der Waals surface area (Å²) in [6, 6.07) is -0.440. The minimum absolute atomic E-state index is 0.00518. The van der Waals surface area contributed by atoms with Crippen molar-refractivity contribution in [2.45, 2.75) is 25.3 Å². The number of rotatable bonds is 2. The molecule has 2 aliphatic heterocycles. The van der Waals surface area contributed by atoms with Gasteiger partial charge >= 0.3 is 5.97 Å². The monoisotopic (exact) mass is 292 g/mol. The second kappa shape index (κ2) is 5.14. The lowest BCUT2D eigenvalue weighted by Gasteiger charge is -2.38. The number of carbonyl (C=O) groups is 2. The summed E-state index contributed by atoms with van der Waals surface area (Å²) < 4.78 is 1.73. The van der Waals surface area contributed by atoms with E-state index in [1.165, 1.54) is 0 Å². The second-order valence-electron chi connectivity index (χ2n) is 6.16. The Hall–Kier alpha value is -1.89. The maximum Gasteiger partial charge on any atom is 0.320 e. The van der Waals surface area contributed by atoms with Gasteiger partial charge in [0.2, 0.25) is 0 Å². The number of likely N-dealkylation sites (tertiary alicyclic amines) is 1. The van der Waals surface area contributed by atoms with Crippen molar-refractivity contribution in [1.82, 2.24) is 19.8 Å². The standard InChI is InChI=1S/C14H20N4O3/c1-17-9-15-7-11(17)12(19)18-4-2-14(3-5-18)6-10(13(20)21)16-8-14/h7,9-10,16H,2-6,8H2,1H3,(H,20,21)/t10-/m1/s1. The fourth-order valence-corrected chi connectivity index (χ4v) is 3.38. The molecule has 7 heteroatoms. The highest BCUT2D eigenvalue weighted by Gasteiger charge is 2.44. The number of nitrogens with zero attached hydrogens (tertiary/aromatic N) is 3. The van der Waals surface area contributed by atoms with Crippen molar-refractivity contribution < 1.29 is 14.7 Å². The van der Waals surface area contributed by atoms with E-state index < -0.39 is 12.0 Å². The predicted octanol–water partition coefficient (Wildman–Crippen LogP) is 0.0890. The first-order valence-electron chi connectivity index (χ1n) is 7.23. The number of amides is 1. The van der Waals surface area contributed by atoms with Crippen molar-refractivity contribution in [2.75, 3.05) is 19.6 Å². The number of piperidine rings is 1. The molecule has 2 aliphatic rings. The van der Waals surface area contributed by atoms with Gasteiger partial charge in [0.15, 0.2) is 0 Å². The molecule has 2 N–H and O–H groups in total. The molecule has 3 heterocycles. The Bertz CT molecular complexity index is 560. The normalized spacial score (nSPS) is 24.4. The minimum Gasteiger partial charge on any atom is -0.480 e. The summed E-state index contributed by atoms with van der Waals surface area (Å²) in [5, 5.41) is 12.2. The molecule has 0 bridgehead atoms. The van der Waals surface area contributed by atoms with Crippen LogP contribution in [0.15, 0.2) is 12.5 Å². The number of hydrogen-bond donors (Lipinski definition) is 2. The van der Waals surface area contributed by atoms with Crippen LogP contribution < -0.4 is 5.32 Å². The zero-order valence-electron chi connectivity index (χ0n) is 12.1. The van der Waals surface area contributed by atoms with Crippen LogP contribution in [0.4, 0.5) is 0 Å². The molecular formula is C14H20N4O3. The van der Waals surface area contributed by atoms with E-state index in [4.69, 9.17) is 5.11 Å². The van der Waals surface area contributed by atoms with Gasteiger partial charge in [0.1, 0.15) is 11.7 Å². The topological polar surface area (TPSA) is 87.5 Å². The van der Waals surface area contributed by atoms with Gasteiger partial charge in [-0.1, -0.05) is 0 Å². The van der Waals surface area contributed by atoms with E-state index in [1.54, 1.807) is 17.1 Å². The molecule has 0 radical (unpaired) electrons. The Morgan fingerprint density at radius 2 is 2.14 bits per heavy atom. The number of imidazole rings is 1. The Morgan fingerprint density at radius 1 is 1.43 bits per heavy atom. The van der Waals surface area contributed by atoms with E-state index in [2.05, 4.69) is 10.3 Å². The number of hydrogen-bond acceptors (Lipinski definition) is 4. The number of aryl methyl sites for hydroxylation is 1. The Morgan fingerprint density at radius 3 is 2.67 bits per heavy atom. The summed E-state index contributed by atoms with van der Waals surface area (Å²) in [7, 11) is 1.81. The third-order valence-electron chi connectivity index (χ3n) is 4.81. The first kappa shape index (κ1) is 14.1. The molecule has 2 fully saturated rings. The molecule has 1 amide bonds. The molecule has 0 aliphatic carbocycles. The molecule has 0 saturated carbocycles. The van der Waals surface area contributed by atoms with Crippen LogP contribution in [0.3, 0.4) is 0 Å². The molecule has 114 valence electrons. The zero-order valence-corrected chi connectivity index (χ0v) is 12.1. The van der Waals surface area contributed by atoms with Gasteiger partial charge < -0.3 is 19.9 Å². The first-order chi connectivity index (χ1) is 10.0. The summed E-state index contributed by atoms with van der Waals surface area (Å²) in [5.74, 6) is -0.772. The fraction of sp³-hybridized carbons (Fsp3) is 0.643. The van der Waals surface area contributed by atoms with E-state index in [0.29, 0.717) is 25.2 Å². The first-order valence-corrected chi connectivity index (χ1v) is 7.23. The molecule has 1 spiro atoms. The van der Waals surface area contributed by atoms with E-state index in [0.717, 1.165) is 19.4 Å². The number of aromatic nitrogens is 2. The van der Waals surface area contributed by atoms with Gasteiger partial charge in [-0.2, -0.15) is 0 Å². The fourth-order valence-electron chi connectivity index (χ4n) is 3.38. The molecule has 2 saturated heterocycles. The van der Waals surface area contributed by atoms with Crippen LogP contribution in [0, 0.1) is 5.41 Å². The van der Waals surface area contributed by atoms with Crippen molar-refractivity contribution in [3.63, 3.8) is 0 Å². The molecule has 3 rings (SSSR count). The third kappa shape index (κ3) is 2.53. The van der Waals surface area contributed by atoms with E-state index in [1.807, 2.05) is 11.9 Å². The van der Waals surface area contributed by atoms with Crippen LogP contribution in [-0.4, -0.2) is 57.1 Å². The van der Waals surface area contributed by atoms with Gasteiger partial charge in [-0.05, 0) is 24.7 Å². The van der Waals surface area contributed by atoms with Gasteiger partial charge in [0.05, 0.1) is 12.5 Å². The van der Waals surface area contributed by atoms with Gasteiger partial charge in [0, 0.05) is 26.7 Å². The summed E-state index contributed by atoms with van der Waals surface area (Å²) in [4.78, 5) is 29.3. The third-order valence-corrected chi connectivity index (χ3v) is 4.81. The van der Waals surface area contributed by atoms with Gasteiger partial charge in [0.25, 0.3) is 5.91 Å². The average molecular weight is 292 g/mol. The van der Waals surface area contributed by atoms with Crippen LogP contribution in [0.5, 0.6) is 0 Å². The van der Waals surface area contributed by atoms with Gasteiger partial charge in [-0.15, -0.1) is 0 Å². The SMILES string of the molecule is Cn1cncc1C(=O)N1CCC2(CC1)CN[C@@H](C(=O)O)C2. The second-order valence-corrected chi connectivity index (χ2v) is 6.16. The molecule has 21 heavy (non-hydrogen) atoms. The maximum absolute atomic E-state index is 12.4. The van der Waals surface area contributed by atoms with Crippen LogP contribution >= 0.6 is 0 Å². The predicted molar refractivity (Wildman–Crippen MR) is 74.8 cm³/mol. The highest BCUT2D eigenvalue weighted by Crippen LogP contribution is 2.39. The molecule has 1 aromatic rings. The van der Waals surface area contributed by atoms with Crippen molar-refractivity contribution >= 4 is 11.9 Å². The smallest absolute Gasteiger partial charge is 0.320 e. The van der Waals surface area contributed by atoms with Crippen molar-refractivity contribution in [2.24, 2.45) is 12.5 Å². The molecule has 7 nitrogen and oxygen atoms in total. The van der Waals surface area contributed by atoms with Crippen molar-refractivity contribution in [3.8, 4) is 0 Å². The molecular weight excluding hydrogens is 272 g/mol. The lowest BCUT2D eigenvalue weighted by Crippen LogP contribution is -2.44. The Balaban J connectivity index is 1.62. The van der Waals surface area contributed by atoms with Crippen LogP contribution in [0.25, 0.3) is 0 Å². The van der Waals surface area contributed by atoms with Crippen LogP contribution in [0.2, 0.25) is 0 Å². The van der Waals surface area contributed by atoms with E-state index in [9.17, 15) is 9.59 Å². The van der Waals surface area contributed by atoms with Crippen molar-refractivity contribution in [3.05, 3.63) is 18.2 Å². The maximum atomic E-state index is 12.4. The quantitative estimate of drug-likeness (QED) is 0.806.